The number of ether oxygens (including phenoxy) is 5. The zero-order chi connectivity index (χ0) is 41.3. The Morgan fingerprint density at radius 3 is 2.09 bits per heavy atom. The van der Waals surface area contributed by atoms with Crippen LogP contribution in [0.2, 0.25) is 0 Å². The second kappa shape index (κ2) is 15.1. The van der Waals surface area contributed by atoms with Gasteiger partial charge in [0.05, 0.1) is 42.1 Å². The van der Waals surface area contributed by atoms with Crippen LogP contribution in [0.15, 0.2) is 18.2 Å². The van der Waals surface area contributed by atoms with E-state index < -0.39 is 82.0 Å². The molecule has 1 heterocycles. The number of likely N-dealkylation sites (N-methyl/N-ethyl adjacent to an activating group) is 2. The van der Waals surface area contributed by atoms with E-state index in [4.69, 9.17) is 23.7 Å². The maximum absolute atomic E-state index is 13.9. The van der Waals surface area contributed by atoms with Crippen molar-refractivity contribution in [1.82, 2.24) is 9.80 Å². The molecule has 2 aliphatic carbocycles. The zero-order valence-corrected chi connectivity index (χ0v) is 33.7. The molecule has 10 atom stereocenters. The van der Waals surface area contributed by atoms with Gasteiger partial charge < -0.3 is 59.0 Å². The minimum atomic E-state index is -2.28. The lowest BCUT2D eigenvalue weighted by Crippen LogP contribution is -2.63. The molecule has 15 heteroatoms. The number of carbonyl (C=O) groups is 3. The van der Waals surface area contributed by atoms with Crippen molar-refractivity contribution in [2.24, 2.45) is 5.92 Å². The average molecular weight is 773 g/mol. The summed E-state index contributed by atoms with van der Waals surface area (Å²) < 4.78 is 30.0. The molecule has 0 radical (unpaired) electrons. The van der Waals surface area contributed by atoms with Gasteiger partial charge in [0.1, 0.15) is 29.5 Å². The Kier molecular flexibility index (Phi) is 11.7. The molecule has 304 valence electrons. The third-order valence-electron chi connectivity index (χ3n) is 11.7. The number of fused-ring (bicyclic) bond motifs is 3. The molecule has 0 bridgehead atoms. The molecule has 2 aromatic carbocycles. The first kappa shape index (κ1) is 42.6. The highest BCUT2D eigenvalue weighted by Crippen LogP contribution is 2.50. The molecular formula is C40H56N2O13. The van der Waals surface area contributed by atoms with E-state index in [2.05, 4.69) is 0 Å². The lowest BCUT2D eigenvalue weighted by molar-refractivity contribution is -0.289. The van der Waals surface area contributed by atoms with Crippen LogP contribution in [0.5, 0.6) is 17.2 Å². The predicted molar refractivity (Wildman–Crippen MR) is 199 cm³/mol. The quantitative estimate of drug-likeness (QED) is 0.168. The molecule has 0 saturated carbocycles. The summed E-state index contributed by atoms with van der Waals surface area (Å²) in [6.07, 6.45) is -6.41. The van der Waals surface area contributed by atoms with Crippen LogP contribution >= 0.6 is 0 Å². The van der Waals surface area contributed by atoms with E-state index >= 15 is 0 Å². The molecule has 0 spiro atoms. The van der Waals surface area contributed by atoms with E-state index in [0.717, 1.165) is 12.1 Å². The monoisotopic (exact) mass is 772 g/mol. The number of hydrogen-bond donors (Lipinski definition) is 5. The third kappa shape index (κ3) is 7.19. The Morgan fingerprint density at radius 1 is 0.945 bits per heavy atom. The fourth-order valence-corrected chi connectivity index (χ4v) is 9.01. The molecule has 1 fully saturated rings. The fraction of sp³-hybridized carbons (Fsp3) is 0.625. The van der Waals surface area contributed by atoms with Crippen molar-refractivity contribution in [3.63, 3.8) is 0 Å². The Morgan fingerprint density at radius 2 is 1.56 bits per heavy atom. The van der Waals surface area contributed by atoms with Crippen molar-refractivity contribution in [3.8, 4) is 17.2 Å². The SMILES string of the molecule is COc1cc(O)c2c(c1)C(=O)c1cc3c(c(O)c1C2=O)C(OC(O)CC(C)(C(OC1CC(C)(O)C(N(C)C)C(C)O1)C(C)C)N(C)C)C(OC)C(C)(O)C3=O. The van der Waals surface area contributed by atoms with Crippen LogP contribution in [0, 0.1) is 5.92 Å². The van der Waals surface area contributed by atoms with Gasteiger partial charge >= 0.3 is 0 Å². The van der Waals surface area contributed by atoms with Crippen LogP contribution in [-0.2, 0) is 18.9 Å². The summed E-state index contributed by atoms with van der Waals surface area (Å²) in [4.78, 5) is 45.4. The summed E-state index contributed by atoms with van der Waals surface area (Å²) in [7, 11) is 9.93. The van der Waals surface area contributed by atoms with E-state index in [1.54, 1.807) is 6.92 Å². The van der Waals surface area contributed by atoms with Gasteiger partial charge in [-0.3, -0.25) is 14.4 Å². The third-order valence-corrected chi connectivity index (χ3v) is 11.7. The van der Waals surface area contributed by atoms with E-state index in [9.17, 15) is 39.9 Å². The summed E-state index contributed by atoms with van der Waals surface area (Å²) in [5.74, 6) is -3.96. The number of nitrogens with zero attached hydrogens (tertiary/aromatic N) is 2. The van der Waals surface area contributed by atoms with Crippen molar-refractivity contribution in [3.05, 3.63) is 51.6 Å². The number of carbonyl (C=O) groups excluding carboxylic acids is 3. The normalized spacial score (nSPS) is 30.2. The molecule has 1 aliphatic heterocycles. The number of methoxy groups -OCH3 is 2. The van der Waals surface area contributed by atoms with Gasteiger partial charge in [-0.15, -0.1) is 0 Å². The Balaban J connectivity index is 1.53. The largest absolute Gasteiger partial charge is 0.507 e. The van der Waals surface area contributed by atoms with Crippen LogP contribution in [0.4, 0.5) is 0 Å². The van der Waals surface area contributed by atoms with E-state index in [-0.39, 0.29) is 64.5 Å². The first-order valence-electron chi connectivity index (χ1n) is 18.3. The standard InChI is InChI=1S/C40H56N2O13/c1-18(2)36(55-26-17-39(5,49)34(41(7)8)19(3)53-26)38(4,42(9)10)16-25(44)54-33-29-23(35(48)40(6,50)37(33)52-12)15-22-28(32(29)47)31(46)27-21(30(22)45)13-20(51-11)14-24(27)43/h13-15,18-19,25-26,33-34,36-37,43-44,47,49-50H,16-17H2,1-12H3. The highest BCUT2D eigenvalue weighted by molar-refractivity contribution is 6.31. The Hall–Kier alpha value is -3.51. The summed E-state index contributed by atoms with van der Waals surface area (Å²) in [5, 5.41) is 57.4. The molecule has 10 unspecified atom stereocenters. The molecule has 15 nitrogen and oxygen atoms in total. The fourth-order valence-electron chi connectivity index (χ4n) is 9.01. The number of phenols is 2. The van der Waals surface area contributed by atoms with Gasteiger partial charge in [-0.1, -0.05) is 13.8 Å². The summed E-state index contributed by atoms with van der Waals surface area (Å²) >= 11 is 0. The zero-order valence-electron chi connectivity index (χ0n) is 33.7. The van der Waals surface area contributed by atoms with Crippen molar-refractivity contribution in [1.29, 1.82) is 0 Å². The maximum Gasteiger partial charge on any atom is 0.201 e. The lowest BCUT2D eigenvalue weighted by atomic mass is 9.72. The number of benzene rings is 2. The molecule has 5 rings (SSSR count). The van der Waals surface area contributed by atoms with E-state index in [1.165, 1.54) is 27.2 Å². The summed E-state index contributed by atoms with van der Waals surface area (Å²) in [6, 6.07) is 3.27. The van der Waals surface area contributed by atoms with Crippen LogP contribution in [0.3, 0.4) is 0 Å². The molecule has 0 aromatic heterocycles. The van der Waals surface area contributed by atoms with Crippen LogP contribution in [-0.4, -0.2) is 149 Å². The first-order valence-corrected chi connectivity index (χ1v) is 18.3. The Bertz CT molecular complexity index is 1840. The van der Waals surface area contributed by atoms with E-state index in [1.807, 2.05) is 65.7 Å². The molecule has 55 heavy (non-hydrogen) atoms. The minimum Gasteiger partial charge on any atom is -0.507 e. The smallest absolute Gasteiger partial charge is 0.201 e. The predicted octanol–water partition coefficient (Wildman–Crippen LogP) is 2.79. The second-order valence-electron chi connectivity index (χ2n) is 16.5. The topological polar surface area (TPSA) is 205 Å². The summed E-state index contributed by atoms with van der Waals surface area (Å²) in [6.45, 7) is 10.6. The molecule has 3 aliphatic rings. The maximum atomic E-state index is 13.9. The highest BCUT2D eigenvalue weighted by Gasteiger charge is 2.55. The molecule has 2 aromatic rings. The number of rotatable bonds is 12. The lowest BCUT2D eigenvalue weighted by Gasteiger charge is -2.51. The van der Waals surface area contributed by atoms with Gasteiger partial charge in [-0.05, 0) is 73.9 Å². The average Bonchev–Trinajstić information content (AvgIpc) is 3.06. The van der Waals surface area contributed by atoms with Crippen molar-refractivity contribution in [2.75, 3.05) is 42.4 Å². The summed E-state index contributed by atoms with van der Waals surface area (Å²) in [5.41, 5.74) is -6.34. The van der Waals surface area contributed by atoms with Gasteiger partial charge in [0, 0.05) is 53.8 Å². The molecule has 0 amide bonds. The number of Topliss-reactive ketones (excluding diaryl/α,β-unsaturated/α-hetero) is 1. The number of aliphatic hydroxyl groups excluding tert-OH is 1. The van der Waals surface area contributed by atoms with Crippen molar-refractivity contribution >= 4 is 17.3 Å². The molecule has 5 N–H and O–H groups in total. The molecule has 1 saturated heterocycles. The van der Waals surface area contributed by atoms with Gasteiger partial charge in [0.2, 0.25) is 5.78 Å². The van der Waals surface area contributed by atoms with Crippen LogP contribution in [0.1, 0.15) is 108 Å². The van der Waals surface area contributed by atoms with Crippen LogP contribution < -0.4 is 4.74 Å². The van der Waals surface area contributed by atoms with Crippen molar-refractivity contribution in [2.45, 2.75) is 114 Å². The number of aromatic hydroxyl groups is 2. The number of aliphatic hydroxyl groups is 3. The van der Waals surface area contributed by atoms with Gasteiger partial charge in [-0.2, -0.15) is 0 Å². The number of ketones is 3. The Labute approximate surface area is 321 Å². The molecular weight excluding hydrogens is 716 g/mol. The van der Waals surface area contributed by atoms with Gasteiger partial charge in [-0.25, -0.2) is 0 Å². The van der Waals surface area contributed by atoms with Gasteiger partial charge in [0.15, 0.2) is 29.7 Å². The number of hydrogen-bond acceptors (Lipinski definition) is 15. The first-order chi connectivity index (χ1) is 25.4. The van der Waals surface area contributed by atoms with Crippen LogP contribution in [0.25, 0.3) is 0 Å². The number of phenolic OH excluding ortho intramolecular Hbond substituents is 2. The highest BCUT2D eigenvalue weighted by atomic mass is 16.7. The van der Waals surface area contributed by atoms with Crippen molar-refractivity contribution < 1.29 is 63.6 Å². The van der Waals surface area contributed by atoms with Gasteiger partial charge in [0.25, 0.3) is 0 Å². The van der Waals surface area contributed by atoms with E-state index in [0.29, 0.717) is 0 Å². The minimum absolute atomic E-state index is 0.105. The second-order valence-corrected chi connectivity index (χ2v) is 16.5.